The second-order valence-electron chi connectivity index (χ2n) is 6.81. The van der Waals surface area contributed by atoms with Crippen molar-refractivity contribution in [1.29, 1.82) is 0 Å². The van der Waals surface area contributed by atoms with Crippen LogP contribution < -0.4 is 15.5 Å². The monoisotopic (exact) mass is 340 g/mol. The summed E-state index contributed by atoms with van der Waals surface area (Å²) in [5.74, 6) is 0. The number of aliphatic hydroxyl groups is 1. The SMILES string of the molecule is CC(C)(CCO)CNC(=O)NCCc1csc(N2CCCC2)n1. The van der Waals surface area contributed by atoms with Crippen LogP contribution in [0, 0.1) is 5.41 Å². The summed E-state index contributed by atoms with van der Waals surface area (Å²) in [6.45, 7) is 7.54. The number of aromatic nitrogens is 1. The van der Waals surface area contributed by atoms with Crippen LogP contribution in [0.1, 0.15) is 38.8 Å². The van der Waals surface area contributed by atoms with Gasteiger partial charge in [-0.1, -0.05) is 13.8 Å². The summed E-state index contributed by atoms with van der Waals surface area (Å²) >= 11 is 1.69. The van der Waals surface area contributed by atoms with E-state index in [1.165, 1.54) is 12.8 Å². The fourth-order valence-corrected chi connectivity index (χ4v) is 3.46. The zero-order valence-corrected chi connectivity index (χ0v) is 14.9. The first-order valence-electron chi connectivity index (χ1n) is 8.32. The molecule has 0 aromatic carbocycles. The van der Waals surface area contributed by atoms with Gasteiger partial charge >= 0.3 is 6.03 Å². The first-order chi connectivity index (χ1) is 11.0. The average Bonchev–Trinajstić information content (AvgIpc) is 3.16. The number of hydrogen-bond donors (Lipinski definition) is 3. The van der Waals surface area contributed by atoms with E-state index in [2.05, 4.69) is 25.9 Å². The molecule has 0 aliphatic carbocycles. The molecule has 0 spiro atoms. The van der Waals surface area contributed by atoms with Gasteiger partial charge in [0.2, 0.25) is 0 Å². The molecule has 23 heavy (non-hydrogen) atoms. The molecular formula is C16H28N4O2S. The van der Waals surface area contributed by atoms with Gasteiger partial charge in [0.25, 0.3) is 0 Å². The molecule has 1 aliphatic rings. The molecule has 1 aromatic rings. The summed E-state index contributed by atoms with van der Waals surface area (Å²) in [5, 5.41) is 17.9. The number of hydrogen-bond acceptors (Lipinski definition) is 5. The summed E-state index contributed by atoms with van der Waals surface area (Å²) < 4.78 is 0. The highest BCUT2D eigenvalue weighted by Crippen LogP contribution is 2.24. The van der Waals surface area contributed by atoms with Gasteiger partial charge in [-0.2, -0.15) is 0 Å². The van der Waals surface area contributed by atoms with E-state index in [4.69, 9.17) is 5.11 Å². The molecule has 0 radical (unpaired) electrons. The van der Waals surface area contributed by atoms with Gasteiger partial charge in [0.15, 0.2) is 5.13 Å². The third-order valence-corrected chi connectivity index (χ3v) is 5.05. The smallest absolute Gasteiger partial charge is 0.314 e. The van der Waals surface area contributed by atoms with E-state index < -0.39 is 0 Å². The van der Waals surface area contributed by atoms with Crippen LogP contribution in [0.2, 0.25) is 0 Å². The van der Waals surface area contributed by atoms with E-state index >= 15 is 0 Å². The Hall–Kier alpha value is -1.34. The molecular weight excluding hydrogens is 312 g/mol. The highest BCUT2D eigenvalue weighted by molar-refractivity contribution is 7.13. The molecule has 2 amide bonds. The van der Waals surface area contributed by atoms with Crippen LogP contribution in [0.3, 0.4) is 0 Å². The number of nitrogens with one attached hydrogen (secondary N) is 2. The molecule has 0 unspecified atom stereocenters. The number of thiazole rings is 1. The zero-order valence-electron chi connectivity index (χ0n) is 14.1. The molecule has 1 aliphatic heterocycles. The summed E-state index contributed by atoms with van der Waals surface area (Å²) in [5.41, 5.74) is 0.948. The van der Waals surface area contributed by atoms with Crippen molar-refractivity contribution < 1.29 is 9.90 Å². The molecule has 1 fully saturated rings. The van der Waals surface area contributed by atoms with Crippen LogP contribution in [-0.2, 0) is 6.42 Å². The predicted octanol–water partition coefficient (Wildman–Crippen LogP) is 1.99. The number of urea groups is 1. The van der Waals surface area contributed by atoms with E-state index in [0.29, 0.717) is 19.5 Å². The number of amides is 2. The second kappa shape index (κ2) is 8.49. The minimum Gasteiger partial charge on any atom is -0.396 e. The lowest BCUT2D eigenvalue weighted by atomic mass is 9.90. The largest absolute Gasteiger partial charge is 0.396 e. The maximum Gasteiger partial charge on any atom is 0.314 e. The fourth-order valence-electron chi connectivity index (χ4n) is 2.54. The van der Waals surface area contributed by atoms with Crippen molar-refractivity contribution >= 4 is 22.5 Å². The van der Waals surface area contributed by atoms with Crippen LogP contribution in [0.4, 0.5) is 9.93 Å². The lowest BCUT2D eigenvalue weighted by Gasteiger charge is -2.23. The summed E-state index contributed by atoms with van der Waals surface area (Å²) in [4.78, 5) is 18.8. The van der Waals surface area contributed by atoms with Gasteiger partial charge in [-0.05, 0) is 24.7 Å². The second-order valence-corrected chi connectivity index (χ2v) is 7.65. The molecule has 3 N–H and O–H groups in total. The topological polar surface area (TPSA) is 77.5 Å². The van der Waals surface area contributed by atoms with Crippen molar-refractivity contribution in [2.75, 3.05) is 37.7 Å². The standard InChI is InChI=1S/C16H28N4O2S/c1-16(2,6-10-21)12-18-14(22)17-7-5-13-11-23-15(19-13)20-8-3-4-9-20/h11,21H,3-10,12H2,1-2H3,(H2,17,18,22). The molecule has 1 saturated heterocycles. The van der Waals surface area contributed by atoms with Gasteiger partial charge in [0.05, 0.1) is 5.69 Å². The number of nitrogens with zero attached hydrogens (tertiary/aromatic N) is 2. The van der Waals surface area contributed by atoms with Crippen LogP contribution in [0.5, 0.6) is 0 Å². The number of carbonyl (C=O) groups is 1. The van der Waals surface area contributed by atoms with Crippen LogP contribution in [0.15, 0.2) is 5.38 Å². The molecule has 130 valence electrons. The van der Waals surface area contributed by atoms with Crippen molar-refractivity contribution in [3.63, 3.8) is 0 Å². The van der Waals surface area contributed by atoms with E-state index in [9.17, 15) is 4.79 Å². The van der Waals surface area contributed by atoms with Gasteiger partial charge in [0.1, 0.15) is 0 Å². The molecule has 2 heterocycles. The number of carbonyl (C=O) groups excluding carboxylic acids is 1. The quantitative estimate of drug-likeness (QED) is 0.676. The van der Waals surface area contributed by atoms with E-state index in [0.717, 1.165) is 30.3 Å². The minimum absolute atomic E-state index is 0.0916. The van der Waals surface area contributed by atoms with Crippen molar-refractivity contribution in [3.05, 3.63) is 11.1 Å². The molecule has 6 nitrogen and oxygen atoms in total. The Morgan fingerprint density at radius 1 is 1.39 bits per heavy atom. The van der Waals surface area contributed by atoms with Gasteiger partial charge < -0.3 is 20.6 Å². The third kappa shape index (κ3) is 5.99. The fraction of sp³-hybridized carbons (Fsp3) is 0.750. The molecule has 2 rings (SSSR count). The van der Waals surface area contributed by atoms with Crippen LogP contribution in [-0.4, -0.2) is 48.9 Å². The highest BCUT2D eigenvalue weighted by atomic mass is 32.1. The summed E-state index contributed by atoms with van der Waals surface area (Å²) in [6.07, 6.45) is 3.93. The summed E-state index contributed by atoms with van der Waals surface area (Å²) in [7, 11) is 0. The number of rotatable bonds is 8. The van der Waals surface area contributed by atoms with Crippen molar-refractivity contribution in [1.82, 2.24) is 15.6 Å². The predicted molar refractivity (Wildman–Crippen MR) is 94.2 cm³/mol. The first-order valence-corrected chi connectivity index (χ1v) is 9.20. The van der Waals surface area contributed by atoms with E-state index in [-0.39, 0.29) is 18.1 Å². The van der Waals surface area contributed by atoms with Crippen molar-refractivity contribution in [3.8, 4) is 0 Å². The maximum atomic E-state index is 11.8. The van der Waals surface area contributed by atoms with Crippen molar-refractivity contribution in [2.24, 2.45) is 5.41 Å². The number of aliphatic hydroxyl groups excluding tert-OH is 1. The van der Waals surface area contributed by atoms with Crippen LogP contribution >= 0.6 is 11.3 Å². The molecule has 0 saturated carbocycles. The normalized spacial score (nSPS) is 15.0. The molecule has 0 bridgehead atoms. The van der Waals surface area contributed by atoms with E-state index in [1.807, 2.05) is 13.8 Å². The number of anilines is 1. The minimum atomic E-state index is -0.161. The van der Waals surface area contributed by atoms with Gasteiger partial charge in [0, 0.05) is 44.6 Å². The Kier molecular flexibility index (Phi) is 6.65. The molecule has 7 heteroatoms. The third-order valence-electron chi connectivity index (χ3n) is 4.10. The summed E-state index contributed by atoms with van der Waals surface area (Å²) in [6, 6.07) is -0.161. The Morgan fingerprint density at radius 2 is 2.13 bits per heavy atom. The maximum absolute atomic E-state index is 11.8. The lowest BCUT2D eigenvalue weighted by Crippen LogP contribution is -2.41. The van der Waals surface area contributed by atoms with Crippen LogP contribution in [0.25, 0.3) is 0 Å². The first kappa shape index (κ1) is 18.0. The lowest BCUT2D eigenvalue weighted by molar-refractivity contribution is 0.201. The Morgan fingerprint density at radius 3 is 2.83 bits per heavy atom. The van der Waals surface area contributed by atoms with Gasteiger partial charge in [-0.15, -0.1) is 11.3 Å². The Bertz CT molecular complexity index is 498. The Labute approximate surface area is 142 Å². The molecule has 0 atom stereocenters. The highest BCUT2D eigenvalue weighted by Gasteiger charge is 2.18. The van der Waals surface area contributed by atoms with Gasteiger partial charge in [-0.25, -0.2) is 9.78 Å². The Balaban J connectivity index is 1.65. The molecule has 1 aromatic heterocycles. The van der Waals surface area contributed by atoms with E-state index in [1.54, 1.807) is 11.3 Å². The zero-order chi connectivity index (χ0) is 16.7. The van der Waals surface area contributed by atoms with Crippen molar-refractivity contribution in [2.45, 2.75) is 39.5 Å². The average molecular weight is 340 g/mol. The van der Waals surface area contributed by atoms with Gasteiger partial charge in [-0.3, -0.25) is 0 Å².